The molecule has 0 aliphatic heterocycles. The zero-order valence-electron chi connectivity index (χ0n) is 8.82. The van der Waals surface area contributed by atoms with E-state index in [1.807, 2.05) is 0 Å². The van der Waals surface area contributed by atoms with Gasteiger partial charge in [0.05, 0.1) is 11.4 Å². The standard InChI is InChI=1S/C12H10I.H2O3S/c1-3-7-11(8-4-1)13-12-9-5-2-6-10-12;1-4(2)3/h1-10H;(H2,1,2,3)/q+1;/p-1. The van der Waals surface area contributed by atoms with Gasteiger partial charge >= 0.3 is 21.2 Å². The van der Waals surface area contributed by atoms with Crippen LogP contribution in [-0.4, -0.2) is 13.3 Å². The minimum absolute atomic E-state index is 0.0287. The number of halogens is 1. The zero-order chi connectivity index (χ0) is 12.5. The summed E-state index contributed by atoms with van der Waals surface area (Å²) in [6.45, 7) is 0. The Morgan fingerprint density at radius 2 is 1.18 bits per heavy atom. The molecule has 5 heteroatoms. The smallest absolute Gasteiger partial charge is 0.357 e. The van der Waals surface area contributed by atoms with Crippen LogP contribution >= 0.6 is 0 Å². The molecule has 0 aliphatic carbocycles. The van der Waals surface area contributed by atoms with Gasteiger partial charge in [-0.25, -0.2) is 4.21 Å². The lowest BCUT2D eigenvalue weighted by Gasteiger charge is -1.84. The summed E-state index contributed by atoms with van der Waals surface area (Å²) in [5.41, 5.74) is 0. The molecule has 90 valence electrons. The van der Waals surface area contributed by atoms with Crippen LogP contribution in [0.4, 0.5) is 0 Å². The van der Waals surface area contributed by atoms with Crippen LogP contribution in [-0.2, 0) is 11.4 Å². The molecule has 2 aromatic rings. The second kappa shape index (κ2) is 8.35. The second-order valence-corrected chi connectivity index (χ2v) is 6.37. The fraction of sp³-hybridized carbons (Fsp3) is 0. The monoisotopic (exact) mass is 362 g/mol. The maximum Gasteiger partial charge on any atom is 0.357 e. The van der Waals surface area contributed by atoms with E-state index in [2.05, 4.69) is 60.7 Å². The minimum Gasteiger partial charge on any atom is -0.750 e. The van der Waals surface area contributed by atoms with E-state index < -0.39 is 11.4 Å². The molecule has 3 nitrogen and oxygen atoms in total. The Morgan fingerprint density at radius 1 is 0.882 bits per heavy atom. The maximum atomic E-state index is 8.56. The van der Waals surface area contributed by atoms with E-state index in [9.17, 15) is 0 Å². The van der Waals surface area contributed by atoms with Crippen LogP contribution in [0.1, 0.15) is 0 Å². The Hall–Kier alpha value is -0.760. The molecule has 0 aliphatic rings. The highest BCUT2D eigenvalue weighted by molar-refractivity contribution is 7.73. The highest BCUT2D eigenvalue weighted by Gasteiger charge is 2.12. The fourth-order valence-corrected chi connectivity index (χ4v) is 3.35. The van der Waals surface area contributed by atoms with Crippen LogP contribution in [0.15, 0.2) is 60.7 Å². The van der Waals surface area contributed by atoms with E-state index in [-0.39, 0.29) is 21.2 Å². The Balaban J connectivity index is 0.000000317. The van der Waals surface area contributed by atoms with Gasteiger partial charge in [-0.1, -0.05) is 36.4 Å². The Morgan fingerprint density at radius 3 is 1.47 bits per heavy atom. The Bertz CT molecular complexity index is 406. The molecular formula is C12H11IO3S. The summed E-state index contributed by atoms with van der Waals surface area (Å²) in [5, 5.41) is 0. The van der Waals surface area contributed by atoms with Gasteiger partial charge in [-0.3, -0.25) is 0 Å². The number of benzene rings is 2. The van der Waals surface area contributed by atoms with Gasteiger partial charge in [0.25, 0.3) is 0 Å². The summed E-state index contributed by atoms with van der Waals surface area (Å²) < 4.78 is 27.0. The van der Waals surface area contributed by atoms with Crippen LogP contribution in [0.5, 0.6) is 0 Å². The summed E-state index contributed by atoms with van der Waals surface area (Å²) in [4.78, 5) is 0. The summed E-state index contributed by atoms with van der Waals surface area (Å²) in [6.07, 6.45) is 0. The van der Waals surface area contributed by atoms with Crippen LogP contribution < -0.4 is 21.2 Å². The molecule has 0 spiro atoms. The summed E-state index contributed by atoms with van der Waals surface area (Å²) >= 11 is -2.83. The van der Waals surface area contributed by atoms with Crippen molar-refractivity contribution >= 4 is 11.4 Å². The molecule has 2 rings (SSSR count). The molecule has 0 radical (unpaired) electrons. The van der Waals surface area contributed by atoms with Crippen LogP contribution in [0.2, 0.25) is 0 Å². The average Bonchev–Trinajstić information content (AvgIpc) is 2.31. The molecule has 1 unspecified atom stereocenters. The minimum atomic E-state index is -2.86. The highest BCUT2D eigenvalue weighted by Crippen LogP contribution is 1.85. The predicted molar refractivity (Wildman–Crippen MR) is 61.8 cm³/mol. The summed E-state index contributed by atoms with van der Waals surface area (Å²) in [6, 6.07) is 21.4. The fourth-order valence-electron chi connectivity index (χ4n) is 1.08. The van der Waals surface area contributed by atoms with E-state index in [0.717, 1.165) is 0 Å². The third-order valence-corrected chi connectivity index (χ3v) is 4.37. The molecule has 0 saturated heterocycles. The van der Waals surface area contributed by atoms with Crippen molar-refractivity contribution in [2.45, 2.75) is 0 Å². The van der Waals surface area contributed by atoms with Crippen molar-refractivity contribution in [3.05, 3.63) is 67.8 Å². The lowest BCUT2D eigenvalue weighted by molar-refractivity contribution is -0.597. The van der Waals surface area contributed by atoms with Crippen molar-refractivity contribution in [1.29, 1.82) is 0 Å². The summed E-state index contributed by atoms with van der Waals surface area (Å²) in [7, 11) is 0. The molecule has 0 heterocycles. The van der Waals surface area contributed by atoms with E-state index in [0.29, 0.717) is 0 Å². The van der Waals surface area contributed by atoms with Gasteiger partial charge < -0.3 is 9.11 Å². The van der Waals surface area contributed by atoms with Crippen LogP contribution in [0.3, 0.4) is 0 Å². The third kappa shape index (κ3) is 7.22. The molecule has 17 heavy (non-hydrogen) atoms. The SMILES string of the molecule is O=S([O-])O.c1ccc([I+]c2ccccc2)cc1. The van der Waals surface area contributed by atoms with E-state index >= 15 is 0 Å². The first-order valence-corrected chi connectivity index (χ1v) is 7.90. The zero-order valence-corrected chi connectivity index (χ0v) is 11.8. The third-order valence-electron chi connectivity index (χ3n) is 1.68. The van der Waals surface area contributed by atoms with Crippen molar-refractivity contribution in [2.24, 2.45) is 0 Å². The van der Waals surface area contributed by atoms with Crippen molar-refractivity contribution < 1.29 is 34.5 Å². The van der Waals surface area contributed by atoms with Gasteiger partial charge in [0.15, 0.2) is 7.14 Å². The first-order chi connectivity index (χ1) is 8.18. The lowest BCUT2D eigenvalue weighted by Crippen LogP contribution is -3.61. The quantitative estimate of drug-likeness (QED) is 0.560. The van der Waals surface area contributed by atoms with Gasteiger partial charge in [0, 0.05) is 0 Å². The molecule has 0 bridgehead atoms. The lowest BCUT2D eigenvalue weighted by atomic mass is 10.4. The van der Waals surface area contributed by atoms with Gasteiger partial charge in [-0.2, -0.15) is 0 Å². The van der Waals surface area contributed by atoms with Crippen LogP contribution in [0.25, 0.3) is 0 Å². The van der Waals surface area contributed by atoms with Gasteiger partial charge in [-0.15, -0.1) is 0 Å². The van der Waals surface area contributed by atoms with E-state index in [4.69, 9.17) is 13.3 Å². The first kappa shape index (κ1) is 14.3. The Labute approximate surface area is 113 Å². The molecule has 0 saturated carbocycles. The number of hydrogen-bond donors (Lipinski definition) is 1. The first-order valence-electron chi connectivity index (χ1n) is 4.72. The molecule has 0 fully saturated rings. The number of hydrogen-bond acceptors (Lipinski definition) is 2. The normalized spacial score (nSPS) is 11.2. The highest BCUT2D eigenvalue weighted by atomic mass is 127. The molecule has 0 aromatic heterocycles. The largest absolute Gasteiger partial charge is 0.750 e. The van der Waals surface area contributed by atoms with Crippen molar-refractivity contribution in [3.8, 4) is 0 Å². The van der Waals surface area contributed by atoms with Gasteiger partial charge in [-0.05, 0) is 24.3 Å². The van der Waals surface area contributed by atoms with Crippen molar-refractivity contribution in [1.82, 2.24) is 0 Å². The maximum absolute atomic E-state index is 8.56. The van der Waals surface area contributed by atoms with E-state index in [1.54, 1.807) is 0 Å². The van der Waals surface area contributed by atoms with Gasteiger partial charge in [0.1, 0.15) is 0 Å². The molecule has 0 amide bonds. The molecule has 1 atom stereocenters. The summed E-state index contributed by atoms with van der Waals surface area (Å²) in [5.74, 6) is 0. The predicted octanol–water partition coefficient (Wildman–Crippen LogP) is -0.846. The molecule has 1 N–H and O–H groups in total. The average molecular weight is 362 g/mol. The molecule has 2 aromatic carbocycles. The van der Waals surface area contributed by atoms with Gasteiger partial charge in [0.2, 0.25) is 0 Å². The molecular weight excluding hydrogens is 351 g/mol. The Kier molecular flexibility index (Phi) is 7.02. The van der Waals surface area contributed by atoms with Crippen LogP contribution in [0, 0.1) is 7.14 Å². The van der Waals surface area contributed by atoms with Crippen molar-refractivity contribution in [3.63, 3.8) is 0 Å². The topological polar surface area (TPSA) is 60.4 Å². The second-order valence-electron chi connectivity index (χ2n) is 2.90. The van der Waals surface area contributed by atoms with Crippen molar-refractivity contribution in [2.75, 3.05) is 0 Å². The van der Waals surface area contributed by atoms with E-state index in [1.165, 1.54) is 7.14 Å². The number of rotatable bonds is 2.